The lowest BCUT2D eigenvalue weighted by Crippen LogP contribution is -2.46. The Kier molecular flexibility index (Phi) is 5.53. The fourth-order valence-corrected chi connectivity index (χ4v) is 4.38. The summed E-state index contributed by atoms with van der Waals surface area (Å²) in [5.41, 5.74) is 3.05. The maximum absolute atomic E-state index is 6.13. The predicted molar refractivity (Wildman–Crippen MR) is 127 cm³/mol. The van der Waals surface area contributed by atoms with Gasteiger partial charge in [0.05, 0.1) is 12.8 Å². The number of methoxy groups -OCH3 is 1. The van der Waals surface area contributed by atoms with Crippen molar-refractivity contribution in [1.82, 2.24) is 14.9 Å². The fourth-order valence-electron chi connectivity index (χ4n) is 4.38. The lowest BCUT2D eigenvalue weighted by atomic mass is 10.0. The molecule has 1 aliphatic heterocycles. The number of aromatic nitrogens is 2. The SMILES string of the molecule is COc1ccc(-c2nc(CN3CCN(c4cccc(C)n4)CC3)c(C)o2)c2ccccc12. The minimum absolute atomic E-state index is 0.666. The fraction of sp³-hybridized carbons (Fsp3) is 0.308. The number of hydrogen-bond acceptors (Lipinski definition) is 6. The number of ether oxygens (including phenoxy) is 1. The van der Waals surface area contributed by atoms with Gasteiger partial charge in [-0.2, -0.15) is 0 Å². The van der Waals surface area contributed by atoms with E-state index in [-0.39, 0.29) is 0 Å². The molecule has 1 fully saturated rings. The summed E-state index contributed by atoms with van der Waals surface area (Å²) >= 11 is 0. The van der Waals surface area contributed by atoms with Crippen LogP contribution in [0.5, 0.6) is 5.75 Å². The van der Waals surface area contributed by atoms with E-state index in [1.165, 1.54) is 0 Å². The van der Waals surface area contributed by atoms with E-state index in [0.29, 0.717) is 5.89 Å². The number of nitrogens with zero attached hydrogens (tertiary/aromatic N) is 4. The quantitative estimate of drug-likeness (QED) is 0.454. The van der Waals surface area contributed by atoms with Crippen molar-refractivity contribution in [3.8, 4) is 17.2 Å². The van der Waals surface area contributed by atoms with E-state index in [4.69, 9.17) is 14.1 Å². The lowest BCUT2D eigenvalue weighted by Gasteiger charge is -2.35. The van der Waals surface area contributed by atoms with Crippen molar-refractivity contribution in [3.63, 3.8) is 0 Å². The second-order valence-corrected chi connectivity index (χ2v) is 8.28. The normalized spacial score (nSPS) is 14.8. The van der Waals surface area contributed by atoms with Gasteiger partial charge in [-0.3, -0.25) is 4.90 Å². The molecule has 0 radical (unpaired) electrons. The first-order valence-corrected chi connectivity index (χ1v) is 11.1. The Hall–Kier alpha value is -3.38. The maximum atomic E-state index is 6.13. The molecule has 1 aliphatic rings. The first-order chi connectivity index (χ1) is 15.6. The average molecular weight is 429 g/mol. The number of benzene rings is 2. The molecule has 0 atom stereocenters. The van der Waals surface area contributed by atoms with Gasteiger partial charge in [0.2, 0.25) is 5.89 Å². The molecule has 164 valence electrons. The average Bonchev–Trinajstić information content (AvgIpc) is 3.18. The van der Waals surface area contributed by atoms with Crippen LogP contribution in [0.15, 0.2) is 59.0 Å². The van der Waals surface area contributed by atoms with Crippen LogP contribution < -0.4 is 9.64 Å². The molecule has 0 bridgehead atoms. The van der Waals surface area contributed by atoms with Crippen molar-refractivity contribution in [2.24, 2.45) is 0 Å². The third kappa shape index (κ3) is 3.94. The zero-order chi connectivity index (χ0) is 22.1. The summed E-state index contributed by atoms with van der Waals surface area (Å²) in [6, 6.07) is 18.4. The Labute approximate surface area is 188 Å². The second-order valence-electron chi connectivity index (χ2n) is 8.28. The standard InChI is InChI=1S/C26H28N4O2/c1-18-7-6-10-25(27-18)30-15-13-29(14-16-30)17-23-19(2)32-26(28-23)22-11-12-24(31-3)21-9-5-4-8-20(21)22/h4-12H,13-17H2,1-3H3. The molecule has 6 heteroatoms. The highest BCUT2D eigenvalue weighted by Gasteiger charge is 2.21. The smallest absolute Gasteiger partial charge is 0.227 e. The van der Waals surface area contributed by atoms with E-state index < -0.39 is 0 Å². The third-order valence-corrected chi connectivity index (χ3v) is 6.17. The van der Waals surface area contributed by atoms with Crippen molar-refractivity contribution >= 4 is 16.6 Å². The van der Waals surface area contributed by atoms with Gasteiger partial charge in [0, 0.05) is 49.4 Å². The predicted octanol–water partition coefficient (Wildman–Crippen LogP) is 4.84. The molecule has 0 spiro atoms. The zero-order valence-corrected chi connectivity index (χ0v) is 18.8. The number of aryl methyl sites for hydroxylation is 2. The Balaban J connectivity index is 1.33. The number of piperazine rings is 1. The molecule has 2 aromatic carbocycles. The Morgan fingerprint density at radius 2 is 1.66 bits per heavy atom. The highest BCUT2D eigenvalue weighted by atomic mass is 16.5. The number of anilines is 1. The van der Waals surface area contributed by atoms with E-state index in [0.717, 1.165) is 77.8 Å². The van der Waals surface area contributed by atoms with Gasteiger partial charge >= 0.3 is 0 Å². The van der Waals surface area contributed by atoms with Crippen LogP contribution in [0.4, 0.5) is 5.82 Å². The third-order valence-electron chi connectivity index (χ3n) is 6.17. The highest BCUT2D eigenvalue weighted by molar-refractivity contribution is 5.98. The molecule has 0 unspecified atom stereocenters. The van der Waals surface area contributed by atoms with Crippen LogP contribution in [0.2, 0.25) is 0 Å². The monoisotopic (exact) mass is 428 g/mol. The van der Waals surface area contributed by atoms with Gasteiger partial charge in [-0.1, -0.05) is 30.3 Å². The van der Waals surface area contributed by atoms with Gasteiger partial charge in [-0.25, -0.2) is 9.97 Å². The molecule has 32 heavy (non-hydrogen) atoms. The molecule has 3 heterocycles. The van der Waals surface area contributed by atoms with Crippen molar-refractivity contribution in [3.05, 3.63) is 71.7 Å². The minimum atomic E-state index is 0.666. The van der Waals surface area contributed by atoms with Crippen LogP contribution in [-0.4, -0.2) is 48.2 Å². The van der Waals surface area contributed by atoms with Gasteiger partial charge < -0.3 is 14.1 Å². The number of fused-ring (bicyclic) bond motifs is 1. The molecule has 0 saturated carbocycles. The highest BCUT2D eigenvalue weighted by Crippen LogP contribution is 2.34. The summed E-state index contributed by atoms with van der Waals surface area (Å²) in [6.07, 6.45) is 0. The summed E-state index contributed by atoms with van der Waals surface area (Å²) in [7, 11) is 1.70. The summed E-state index contributed by atoms with van der Waals surface area (Å²) in [5, 5.41) is 2.14. The topological polar surface area (TPSA) is 54.6 Å². The maximum Gasteiger partial charge on any atom is 0.227 e. The van der Waals surface area contributed by atoms with Crippen molar-refractivity contribution < 1.29 is 9.15 Å². The first kappa shape index (κ1) is 20.5. The molecule has 2 aromatic heterocycles. The first-order valence-electron chi connectivity index (χ1n) is 11.1. The largest absolute Gasteiger partial charge is 0.496 e. The van der Waals surface area contributed by atoms with Gasteiger partial charge in [-0.05, 0) is 43.5 Å². The minimum Gasteiger partial charge on any atom is -0.496 e. The summed E-state index contributed by atoms with van der Waals surface area (Å²) in [4.78, 5) is 14.4. The van der Waals surface area contributed by atoms with E-state index >= 15 is 0 Å². The Morgan fingerprint density at radius 1 is 0.875 bits per heavy atom. The Morgan fingerprint density at radius 3 is 2.41 bits per heavy atom. The summed E-state index contributed by atoms with van der Waals surface area (Å²) in [5.74, 6) is 3.46. The van der Waals surface area contributed by atoms with E-state index in [2.05, 4.69) is 39.0 Å². The zero-order valence-electron chi connectivity index (χ0n) is 18.8. The van der Waals surface area contributed by atoms with Crippen molar-refractivity contribution in [2.75, 3.05) is 38.2 Å². The molecule has 4 aromatic rings. The molecular weight excluding hydrogens is 400 g/mol. The summed E-state index contributed by atoms with van der Waals surface area (Å²) < 4.78 is 11.7. The molecule has 5 rings (SSSR count). The van der Waals surface area contributed by atoms with Gasteiger partial charge in [0.25, 0.3) is 0 Å². The Bertz CT molecular complexity index is 1240. The summed E-state index contributed by atoms with van der Waals surface area (Å²) in [6.45, 7) is 8.71. The molecular formula is C26H28N4O2. The molecule has 0 N–H and O–H groups in total. The van der Waals surface area contributed by atoms with Crippen LogP contribution in [0.25, 0.3) is 22.2 Å². The molecule has 1 saturated heterocycles. The molecule has 0 aliphatic carbocycles. The van der Waals surface area contributed by atoms with E-state index in [1.54, 1.807) is 7.11 Å². The van der Waals surface area contributed by atoms with Crippen LogP contribution in [0.3, 0.4) is 0 Å². The van der Waals surface area contributed by atoms with Crippen LogP contribution in [0, 0.1) is 13.8 Å². The van der Waals surface area contributed by atoms with Crippen LogP contribution >= 0.6 is 0 Å². The van der Waals surface area contributed by atoms with Crippen LogP contribution in [-0.2, 0) is 6.54 Å². The van der Waals surface area contributed by atoms with Crippen molar-refractivity contribution in [1.29, 1.82) is 0 Å². The molecule has 0 amide bonds. The number of pyridine rings is 1. The van der Waals surface area contributed by atoms with E-state index in [9.17, 15) is 0 Å². The number of rotatable bonds is 5. The van der Waals surface area contributed by atoms with E-state index in [1.807, 2.05) is 44.2 Å². The van der Waals surface area contributed by atoms with Gasteiger partial charge in [0.1, 0.15) is 17.3 Å². The van der Waals surface area contributed by atoms with Crippen LogP contribution in [0.1, 0.15) is 17.1 Å². The number of hydrogen-bond donors (Lipinski definition) is 0. The van der Waals surface area contributed by atoms with Crippen molar-refractivity contribution in [2.45, 2.75) is 20.4 Å². The molecule has 6 nitrogen and oxygen atoms in total. The van der Waals surface area contributed by atoms with Gasteiger partial charge in [0.15, 0.2) is 0 Å². The number of oxazole rings is 1. The lowest BCUT2D eigenvalue weighted by molar-refractivity contribution is 0.245. The van der Waals surface area contributed by atoms with Gasteiger partial charge in [-0.15, -0.1) is 0 Å². The second kappa shape index (κ2) is 8.63.